The van der Waals surface area contributed by atoms with E-state index in [1.54, 1.807) is 50.6 Å². The molecule has 0 saturated heterocycles. The van der Waals surface area contributed by atoms with Crippen LogP contribution in [-0.4, -0.2) is 29.2 Å². The SMILES string of the molecule is CCN(C(=O)c1c(O)c2c(CS)cccc2n(C)c1=O)c1ccc(OC)cc1. The molecule has 1 heterocycles. The van der Waals surface area contributed by atoms with E-state index in [-0.39, 0.29) is 11.3 Å². The van der Waals surface area contributed by atoms with Gasteiger partial charge in [0.25, 0.3) is 11.5 Å². The maximum absolute atomic E-state index is 13.3. The molecule has 0 radical (unpaired) electrons. The second kappa shape index (κ2) is 7.98. The summed E-state index contributed by atoms with van der Waals surface area (Å²) < 4.78 is 6.54. The normalized spacial score (nSPS) is 10.9. The molecular formula is C21H22N2O4S. The molecule has 1 amide bonds. The number of anilines is 1. The predicted molar refractivity (Wildman–Crippen MR) is 114 cm³/mol. The van der Waals surface area contributed by atoms with Gasteiger partial charge in [0, 0.05) is 30.4 Å². The van der Waals surface area contributed by atoms with Crippen LogP contribution in [0.3, 0.4) is 0 Å². The Hall–Kier alpha value is -2.93. The summed E-state index contributed by atoms with van der Waals surface area (Å²) in [5, 5.41) is 11.4. The van der Waals surface area contributed by atoms with E-state index >= 15 is 0 Å². The number of nitrogens with zero attached hydrogens (tertiary/aromatic N) is 2. The standard InChI is InChI=1S/C21H22N2O4S/c1-4-23(14-8-10-15(27-3)11-9-14)21(26)18-19(24)17-13(12-28)6-5-7-16(17)22(2)20(18)25/h5-11,24,28H,4,12H2,1-3H3. The highest BCUT2D eigenvalue weighted by Gasteiger charge is 2.26. The molecule has 1 aromatic heterocycles. The highest BCUT2D eigenvalue weighted by Crippen LogP contribution is 2.32. The molecule has 28 heavy (non-hydrogen) atoms. The molecule has 0 atom stereocenters. The molecule has 0 saturated carbocycles. The van der Waals surface area contributed by atoms with Gasteiger partial charge in [-0.15, -0.1) is 0 Å². The summed E-state index contributed by atoms with van der Waals surface area (Å²) in [6.45, 7) is 2.14. The number of aromatic hydroxyl groups is 1. The van der Waals surface area contributed by atoms with Crippen LogP contribution < -0.4 is 15.2 Å². The zero-order chi connectivity index (χ0) is 20.4. The predicted octanol–water partition coefficient (Wildman–Crippen LogP) is 3.35. The number of amides is 1. The Morgan fingerprint density at radius 1 is 1.21 bits per heavy atom. The highest BCUT2D eigenvalue weighted by molar-refractivity contribution is 7.79. The molecule has 0 fully saturated rings. The summed E-state index contributed by atoms with van der Waals surface area (Å²) in [5.74, 6) is 0.170. The lowest BCUT2D eigenvalue weighted by atomic mass is 10.0. The van der Waals surface area contributed by atoms with E-state index in [9.17, 15) is 14.7 Å². The van der Waals surface area contributed by atoms with E-state index in [1.807, 2.05) is 13.0 Å². The van der Waals surface area contributed by atoms with Crippen LogP contribution in [0.2, 0.25) is 0 Å². The molecule has 146 valence electrons. The van der Waals surface area contributed by atoms with Gasteiger partial charge in [0.1, 0.15) is 17.1 Å². The number of aryl methyl sites for hydroxylation is 1. The van der Waals surface area contributed by atoms with Gasteiger partial charge in [-0.25, -0.2) is 0 Å². The number of benzene rings is 2. The molecule has 3 aromatic rings. The number of fused-ring (bicyclic) bond motifs is 1. The molecular weight excluding hydrogens is 376 g/mol. The van der Waals surface area contributed by atoms with Gasteiger partial charge in [-0.2, -0.15) is 12.6 Å². The van der Waals surface area contributed by atoms with Crippen molar-refractivity contribution in [1.29, 1.82) is 0 Å². The van der Waals surface area contributed by atoms with Gasteiger partial charge in [-0.3, -0.25) is 9.59 Å². The van der Waals surface area contributed by atoms with Crippen molar-refractivity contribution in [3.63, 3.8) is 0 Å². The van der Waals surface area contributed by atoms with Crippen LogP contribution in [0.1, 0.15) is 22.8 Å². The van der Waals surface area contributed by atoms with Crippen molar-refractivity contribution in [3.05, 3.63) is 63.9 Å². The first-order valence-electron chi connectivity index (χ1n) is 8.84. The Balaban J connectivity index is 2.21. The second-order valence-corrected chi connectivity index (χ2v) is 6.62. The van der Waals surface area contributed by atoms with Crippen molar-refractivity contribution in [2.75, 3.05) is 18.6 Å². The van der Waals surface area contributed by atoms with Gasteiger partial charge in [-0.1, -0.05) is 12.1 Å². The number of carbonyl (C=O) groups excluding carboxylic acids is 1. The Morgan fingerprint density at radius 2 is 1.89 bits per heavy atom. The van der Waals surface area contributed by atoms with Crippen molar-refractivity contribution < 1.29 is 14.6 Å². The fourth-order valence-electron chi connectivity index (χ4n) is 3.31. The summed E-state index contributed by atoms with van der Waals surface area (Å²) in [5.41, 5.74) is 1.12. The Morgan fingerprint density at radius 3 is 2.46 bits per heavy atom. The van der Waals surface area contributed by atoms with E-state index in [1.165, 1.54) is 9.47 Å². The number of methoxy groups -OCH3 is 1. The van der Waals surface area contributed by atoms with E-state index in [2.05, 4.69) is 12.6 Å². The van der Waals surface area contributed by atoms with Gasteiger partial charge < -0.3 is 19.3 Å². The summed E-state index contributed by atoms with van der Waals surface area (Å²) >= 11 is 4.31. The smallest absolute Gasteiger partial charge is 0.267 e. The molecule has 7 heteroatoms. The third kappa shape index (κ3) is 3.22. The third-order valence-corrected chi connectivity index (χ3v) is 5.15. The lowest BCUT2D eigenvalue weighted by molar-refractivity contribution is 0.0984. The maximum Gasteiger partial charge on any atom is 0.267 e. The van der Waals surface area contributed by atoms with Crippen LogP contribution in [0.4, 0.5) is 5.69 Å². The number of hydrogen-bond donors (Lipinski definition) is 2. The fraction of sp³-hybridized carbons (Fsp3) is 0.238. The average molecular weight is 398 g/mol. The van der Waals surface area contributed by atoms with Crippen LogP contribution in [0.5, 0.6) is 11.5 Å². The minimum absolute atomic E-state index is 0.248. The largest absolute Gasteiger partial charge is 0.506 e. The van der Waals surface area contributed by atoms with Crippen LogP contribution in [0.25, 0.3) is 10.9 Å². The molecule has 2 aromatic carbocycles. The van der Waals surface area contributed by atoms with Crippen molar-refractivity contribution in [1.82, 2.24) is 4.57 Å². The zero-order valence-corrected chi connectivity index (χ0v) is 16.9. The molecule has 3 rings (SSSR count). The number of ether oxygens (including phenoxy) is 1. The van der Waals surface area contributed by atoms with Gasteiger partial charge in [-0.05, 0) is 42.8 Å². The lowest BCUT2D eigenvalue weighted by Crippen LogP contribution is -2.36. The van der Waals surface area contributed by atoms with E-state index in [0.29, 0.717) is 34.6 Å². The van der Waals surface area contributed by atoms with Crippen LogP contribution >= 0.6 is 12.6 Å². The van der Waals surface area contributed by atoms with Crippen molar-refractivity contribution in [3.8, 4) is 11.5 Å². The molecule has 0 aliphatic carbocycles. The van der Waals surface area contributed by atoms with Crippen LogP contribution in [0.15, 0.2) is 47.3 Å². The van der Waals surface area contributed by atoms with Crippen molar-refractivity contribution in [2.45, 2.75) is 12.7 Å². The quantitative estimate of drug-likeness (QED) is 0.647. The minimum atomic E-state index is -0.554. The summed E-state index contributed by atoms with van der Waals surface area (Å²) in [4.78, 5) is 27.6. The molecule has 0 unspecified atom stereocenters. The Labute approximate surface area is 168 Å². The number of carbonyl (C=O) groups is 1. The molecule has 1 N–H and O–H groups in total. The van der Waals surface area contributed by atoms with Gasteiger partial charge >= 0.3 is 0 Å². The minimum Gasteiger partial charge on any atom is -0.506 e. The number of aromatic nitrogens is 1. The average Bonchev–Trinajstić information content (AvgIpc) is 2.72. The lowest BCUT2D eigenvalue weighted by Gasteiger charge is -2.22. The van der Waals surface area contributed by atoms with E-state index in [0.717, 1.165) is 5.56 Å². The molecule has 6 nitrogen and oxygen atoms in total. The zero-order valence-electron chi connectivity index (χ0n) is 16.0. The topological polar surface area (TPSA) is 71.8 Å². The monoisotopic (exact) mass is 398 g/mol. The van der Waals surface area contributed by atoms with Gasteiger partial charge in [0.15, 0.2) is 0 Å². The van der Waals surface area contributed by atoms with Crippen molar-refractivity contribution in [2.24, 2.45) is 7.05 Å². The van der Waals surface area contributed by atoms with Gasteiger partial charge in [0.2, 0.25) is 0 Å². The molecule has 0 aliphatic rings. The maximum atomic E-state index is 13.3. The number of rotatable bonds is 5. The summed E-state index contributed by atoms with van der Waals surface area (Å²) in [6.07, 6.45) is 0. The van der Waals surface area contributed by atoms with Crippen molar-refractivity contribution >= 4 is 35.1 Å². The van der Waals surface area contributed by atoms with Crippen LogP contribution in [-0.2, 0) is 12.8 Å². The Bertz CT molecular complexity index is 1090. The number of pyridine rings is 1. The Kier molecular flexibility index (Phi) is 5.65. The first-order chi connectivity index (χ1) is 13.4. The first-order valence-corrected chi connectivity index (χ1v) is 9.48. The molecule has 0 spiro atoms. The van der Waals surface area contributed by atoms with Gasteiger partial charge in [0.05, 0.1) is 12.6 Å². The number of hydrogen-bond acceptors (Lipinski definition) is 5. The highest BCUT2D eigenvalue weighted by atomic mass is 32.1. The third-order valence-electron chi connectivity index (χ3n) is 4.81. The molecule has 0 aliphatic heterocycles. The molecule has 0 bridgehead atoms. The summed E-state index contributed by atoms with van der Waals surface area (Å²) in [7, 11) is 3.15. The first kappa shape index (κ1) is 19.8. The number of thiol groups is 1. The van der Waals surface area contributed by atoms with E-state index in [4.69, 9.17) is 4.74 Å². The summed E-state index contributed by atoms with van der Waals surface area (Å²) in [6, 6.07) is 12.3. The van der Waals surface area contributed by atoms with E-state index < -0.39 is 11.5 Å². The fourth-order valence-corrected chi connectivity index (χ4v) is 3.57. The van der Waals surface area contributed by atoms with Crippen LogP contribution in [0, 0.1) is 0 Å². The second-order valence-electron chi connectivity index (χ2n) is 6.30.